The molecule has 0 radical (unpaired) electrons. The molecule has 0 unspecified atom stereocenters. The molecule has 0 atom stereocenters. The van der Waals surface area contributed by atoms with Crippen LogP contribution in [0, 0.1) is 0 Å². The molecule has 0 bridgehead atoms. The second-order valence-electron chi connectivity index (χ2n) is 1.16. The van der Waals surface area contributed by atoms with Crippen LogP contribution in [0.2, 0.25) is 0 Å². The van der Waals surface area contributed by atoms with Gasteiger partial charge in [0.25, 0.3) is 0 Å². The second kappa shape index (κ2) is 4.38. The lowest BCUT2D eigenvalue weighted by Crippen LogP contribution is -1.82. The molecule has 0 amide bonds. The van der Waals surface area contributed by atoms with Crippen molar-refractivity contribution < 1.29 is 27.6 Å². The molecule has 0 aliphatic rings. The van der Waals surface area contributed by atoms with E-state index in [2.05, 4.69) is 14.0 Å². The Balaban J connectivity index is 3.94. The van der Waals surface area contributed by atoms with Gasteiger partial charge in [-0.05, 0) is 16.0 Å². The molecule has 60 valence electrons. The van der Waals surface area contributed by atoms with Crippen molar-refractivity contribution >= 4 is 7.82 Å². The van der Waals surface area contributed by atoms with Gasteiger partial charge >= 0.3 is 7.82 Å². The van der Waals surface area contributed by atoms with Crippen LogP contribution in [0.1, 0.15) is 6.92 Å². The Hall–Kier alpha value is -0.450. The van der Waals surface area contributed by atoms with Crippen molar-refractivity contribution in [1.29, 1.82) is 0 Å². The fourth-order valence-electron chi connectivity index (χ4n) is 0.179. The fraction of sp³-hybridized carbons (Fsp3) is 0.333. The fourth-order valence-corrected chi connectivity index (χ4v) is 0.536. The molecule has 0 saturated heterocycles. The van der Waals surface area contributed by atoms with E-state index < -0.39 is 7.82 Å². The normalized spacial score (nSPS) is 12.3. The minimum absolute atomic E-state index is 0.778. The first-order valence-corrected chi connectivity index (χ1v) is 3.65. The van der Waals surface area contributed by atoms with E-state index in [1.165, 1.54) is 13.0 Å². The van der Waals surface area contributed by atoms with Gasteiger partial charge in [0.1, 0.15) is 0 Å². The molecule has 0 aromatic heterocycles. The summed E-state index contributed by atoms with van der Waals surface area (Å²) in [5, 5.41) is 0. The van der Waals surface area contributed by atoms with Gasteiger partial charge in [-0.1, -0.05) is 15.5 Å². The number of halogens is 2. The lowest BCUT2D eigenvalue weighted by Gasteiger charge is -2.02. The summed E-state index contributed by atoms with van der Waals surface area (Å²) >= 11 is 0. The van der Waals surface area contributed by atoms with E-state index in [4.69, 9.17) is 0 Å². The maximum Gasteiger partial charge on any atom is 0.593 e. The smallest absolute Gasteiger partial charge is 0.409 e. The largest absolute Gasteiger partial charge is 0.593 e. The molecule has 4 nitrogen and oxygen atoms in total. The number of hydrogen-bond acceptors (Lipinski definition) is 4. The third kappa shape index (κ3) is 2.91. The van der Waals surface area contributed by atoms with Crippen LogP contribution in [-0.2, 0) is 18.5 Å². The zero-order valence-electron chi connectivity index (χ0n) is 4.99. The Bertz CT molecular complexity index is 151. The predicted molar refractivity (Wildman–Crippen MR) is 27.9 cm³/mol. The molecule has 0 aliphatic carbocycles. The molecule has 10 heavy (non-hydrogen) atoms. The predicted octanol–water partition coefficient (Wildman–Crippen LogP) is 2.45. The van der Waals surface area contributed by atoms with Crippen molar-refractivity contribution in [2.24, 2.45) is 0 Å². The molecule has 0 fully saturated rings. The lowest BCUT2D eigenvalue weighted by atomic mass is 10.8. The summed E-state index contributed by atoms with van der Waals surface area (Å²) in [6.45, 7) is 1.49. The average molecular weight is 174 g/mol. The SMILES string of the molecule is CC=COP(=O)(OF)OF. The van der Waals surface area contributed by atoms with Crippen LogP contribution in [0.4, 0.5) is 9.05 Å². The number of phosphoric acid groups is 1. The van der Waals surface area contributed by atoms with Crippen molar-refractivity contribution in [2.45, 2.75) is 6.92 Å². The van der Waals surface area contributed by atoms with Gasteiger partial charge in [0, 0.05) is 0 Å². The zero-order valence-corrected chi connectivity index (χ0v) is 5.89. The van der Waals surface area contributed by atoms with Crippen LogP contribution in [0.3, 0.4) is 0 Å². The van der Waals surface area contributed by atoms with E-state index in [0.29, 0.717) is 0 Å². The molecule has 0 aromatic rings. The quantitative estimate of drug-likeness (QED) is 0.485. The average Bonchev–Trinajstić information content (AvgIpc) is 2.00. The van der Waals surface area contributed by atoms with E-state index in [1.54, 1.807) is 0 Å². The van der Waals surface area contributed by atoms with E-state index in [1.807, 2.05) is 0 Å². The van der Waals surface area contributed by atoms with Crippen molar-refractivity contribution in [3.05, 3.63) is 12.3 Å². The molecule has 0 aliphatic heterocycles. The van der Waals surface area contributed by atoms with Gasteiger partial charge < -0.3 is 4.52 Å². The van der Waals surface area contributed by atoms with Crippen LogP contribution in [0.25, 0.3) is 0 Å². The Labute approximate surface area is 55.8 Å². The van der Waals surface area contributed by atoms with Crippen LogP contribution in [0.5, 0.6) is 0 Å². The van der Waals surface area contributed by atoms with Crippen molar-refractivity contribution in [2.75, 3.05) is 0 Å². The van der Waals surface area contributed by atoms with E-state index in [-0.39, 0.29) is 0 Å². The highest BCUT2D eigenvalue weighted by molar-refractivity contribution is 7.48. The van der Waals surface area contributed by atoms with Crippen molar-refractivity contribution in [3.8, 4) is 0 Å². The summed E-state index contributed by atoms with van der Waals surface area (Å²) in [6.07, 6.45) is 2.03. The standard InChI is InChI=1S/C3H5F2O4P/c1-2-3-7-10(6,8-4)9-5/h2-3H,1H3. The minimum Gasteiger partial charge on any atom is -0.409 e. The third-order valence-electron chi connectivity index (χ3n) is 0.495. The Morgan fingerprint density at radius 1 is 1.40 bits per heavy atom. The number of rotatable bonds is 4. The van der Waals surface area contributed by atoms with Crippen LogP contribution < -0.4 is 0 Å². The number of allylic oxidation sites excluding steroid dienone is 1. The van der Waals surface area contributed by atoms with Gasteiger partial charge in [-0.25, -0.2) is 4.57 Å². The highest BCUT2D eigenvalue weighted by Crippen LogP contribution is 2.50. The zero-order chi connectivity index (χ0) is 8.04. The van der Waals surface area contributed by atoms with Gasteiger partial charge in [-0.2, -0.15) is 0 Å². The maximum absolute atomic E-state index is 11.1. The first-order chi connectivity index (χ1) is 4.68. The number of hydrogen-bond donors (Lipinski definition) is 0. The topological polar surface area (TPSA) is 44.8 Å². The Kier molecular flexibility index (Phi) is 4.18. The molecule has 0 saturated carbocycles. The van der Waals surface area contributed by atoms with Crippen molar-refractivity contribution in [3.63, 3.8) is 0 Å². The Morgan fingerprint density at radius 3 is 2.20 bits per heavy atom. The summed E-state index contributed by atoms with van der Waals surface area (Å²) in [5.41, 5.74) is 0. The highest BCUT2D eigenvalue weighted by atomic mass is 31.2. The van der Waals surface area contributed by atoms with Crippen molar-refractivity contribution in [1.82, 2.24) is 0 Å². The summed E-state index contributed by atoms with van der Waals surface area (Å²) in [7, 11) is -4.62. The first-order valence-electron chi connectivity index (χ1n) is 2.19. The summed E-state index contributed by atoms with van der Waals surface area (Å²) < 4.78 is 41.4. The monoisotopic (exact) mass is 174 g/mol. The van der Waals surface area contributed by atoms with Gasteiger partial charge in [0.2, 0.25) is 0 Å². The molecule has 0 rings (SSSR count). The maximum atomic E-state index is 11.1. The van der Waals surface area contributed by atoms with Gasteiger partial charge in [-0.3, -0.25) is 0 Å². The molecular formula is C3H5F2O4P. The van der Waals surface area contributed by atoms with Gasteiger partial charge in [0.05, 0.1) is 6.26 Å². The highest BCUT2D eigenvalue weighted by Gasteiger charge is 2.29. The third-order valence-corrected chi connectivity index (χ3v) is 1.21. The van der Waals surface area contributed by atoms with Gasteiger partial charge in [0.15, 0.2) is 0 Å². The van der Waals surface area contributed by atoms with E-state index in [9.17, 15) is 13.6 Å². The van der Waals surface area contributed by atoms with Crippen LogP contribution >= 0.6 is 7.82 Å². The van der Waals surface area contributed by atoms with Crippen LogP contribution in [-0.4, -0.2) is 0 Å². The second-order valence-corrected chi connectivity index (χ2v) is 2.54. The summed E-state index contributed by atoms with van der Waals surface area (Å²) in [5.74, 6) is 0. The Morgan fingerprint density at radius 2 is 1.90 bits per heavy atom. The summed E-state index contributed by atoms with van der Waals surface area (Å²) in [6, 6.07) is 0. The molecular weight excluding hydrogens is 169 g/mol. The summed E-state index contributed by atoms with van der Waals surface area (Å²) in [4.78, 5) is 0. The molecule has 0 spiro atoms. The molecule has 7 heteroatoms. The minimum atomic E-state index is -4.62. The van der Waals surface area contributed by atoms with E-state index in [0.717, 1.165) is 6.26 Å². The molecule has 0 N–H and O–H groups in total. The van der Waals surface area contributed by atoms with Crippen LogP contribution in [0.15, 0.2) is 12.3 Å². The molecule has 0 aromatic carbocycles. The van der Waals surface area contributed by atoms with E-state index >= 15 is 0 Å². The first kappa shape index (κ1) is 9.55. The molecule has 0 heterocycles. The van der Waals surface area contributed by atoms with Gasteiger partial charge in [-0.15, -0.1) is 0 Å². The lowest BCUT2D eigenvalue weighted by molar-refractivity contribution is -0.111.